The van der Waals surface area contributed by atoms with E-state index in [-0.39, 0.29) is 56.7 Å². The van der Waals surface area contributed by atoms with Gasteiger partial charge in [0.25, 0.3) is 20.2 Å². The number of ether oxygens (including phenoxy) is 7. The third-order valence-corrected chi connectivity index (χ3v) is 17.7. The molecule has 0 aliphatic heterocycles. The zero-order valence-corrected chi connectivity index (χ0v) is 74.4. The summed E-state index contributed by atoms with van der Waals surface area (Å²) in [5.74, 6) is 3.52. The van der Waals surface area contributed by atoms with E-state index in [1.165, 1.54) is 92.1 Å². The number of rotatable bonds is 30. The first-order valence-electron chi connectivity index (χ1n) is 36.5. The second-order valence-corrected chi connectivity index (χ2v) is 27.3. The summed E-state index contributed by atoms with van der Waals surface area (Å²) >= 11 is 9.84. The monoisotopic (exact) mass is 1730 g/mol. The molecule has 0 aliphatic carbocycles. The van der Waals surface area contributed by atoms with Crippen LogP contribution in [-0.4, -0.2) is 108 Å². The van der Waals surface area contributed by atoms with Gasteiger partial charge >= 0.3 is 20.2 Å². The summed E-state index contributed by atoms with van der Waals surface area (Å²) < 4.78 is 151. The first-order chi connectivity index (χ1) is 55.5. The quantitative estimate of drug-likeness (QED) is 0.0240. The number of phenols is 1. The maximum atomic E-state index is 11.5. The number of halogens is 2. The molecular formula is C89H124Cl2O21S4. The molecule has 0 atom stereocenters. The molecule has 0 fully saturated rings. The standard InChI is InChI=1S/C10H11ClO5S.C10H11ClO3S.C10H12O5S.C10H12O3S.C10H12O2.C10H12.C7H8O2.C7H8.C4H8.C3H6O.4C2H6/c1-3-6-15-9-7-8(14-2)4-5-10(9)17(12,13)16-11;1-2-3-6-9-7-4-5-8-10(9)15(12,13)14-11;1-3-6-15-9-7-8(14-2)4-5-10(9)16(11,12)13;1-2-3-6-9-7-4-5-8-10(9)14(11,12)13;1-3-7-12-10-6-4-5-9(8-10)11-2;1-2-3-7-10-8-5-4-6-9-10;1-9-7-4-2-3-6(8)5-7;1-7-5-3-2-4-6-7;1-3-4-2;1-2-3-4;4*1-2/h3-5,7H,1,6H2,2H3;2,4-5,7-8H,1,3,6H2;3-5,7H,1,6H2,2H3,(H,11,12,13);2,4-5,7-8H,1,3,6H2,(H,11,12,13);3-6,8H,1,7H2,2H3;2,4-6,8-9H,1,3,7H2;2-5,8H,1H3;2-6H,1H3;3H,1,4H2,2H3;2,4H,1,3H2;4*1-2H3. The second-order valence-electron chi connectivity index (χ2n) is 20.8. The summed E-state index contributed by atoms with van der Waals surface area (Å²) in [6.45, 7) is 49.0. The van der Waals surface area contributed by atoms with Gasteiger partial charge in [-0.1, -0.05) is 245 Å². The molecule has 0 saturated heterocycles. The number of aryl methyl sites for hydroxylation is 4. The maximum Gasteiger partial charge on any atom is 0.316 e. The third-order valence-electron chi connectivity index (χ3n) is 12.8. The van der Waals surface area contributed by atoms with Gasteiger partial charge in [-0.05, 0) is 129 Å². The lowest BCUT2D eigenvalue weighted by molar-refractivity contribution is 0.343. The van der Waals surface area contributed by atoms with E-state index < -0.39 is 40.5 Å². The topological polar surface area (TPSA) is 301 Å². The smallest absolute Gasteiger partial charge is 0.316 e. The van der Waals surface area contributed by atoms with Crippen molar-refractivity contribution in [2.75, 3.05) is 54.9 Å². The van der Waals surface area contributed by atoms with Gasteiger partial charge in [-0.15, -0.1) is 32.9 Å². The van der Waals surface area contributed by atoms with Crippen molar-refractivity contribution in [1.29, 1.82) is 0 Å². The minimum Gasteiger partial charge on any atom is -0.508 e. The first kappa shape index (κ1) is 117. The van der Waals surface area contributed by atoms with E-state index in [1.807, 2.05) is 116 Å². The van der Waals surface area contributed by atoms with E-state index in [0.29, 0.717) is 60.7 Å². The van der Waals surface area contributed by atoms with Crippen molar-refractivity contribution in [3.63, 3.8) is 0 Å². The number of hydrogen-bond donors (Lipinski definition) is 4. The predicted molar refractivity (Wildman–Crippen MR) is 478 cm³/mol. The number of allylic oxidation sites excluding steroid dienone is 4. The molecule has 0 aromatic heterocycles. The SMILES string of the molecule is C=CCC.C=CCCc1ccccc1.C=CCCc1ccccc1S(=O)(=O)O.C=CCCc1ccccc1S(=O)(=O)OCl.C=CCO.C=CCOc1cc(OC)ccc1S(=O)(=O)O.C=CCOc1cc(OC)ccc1S(=O)(=O)OCl.C=CCOc1cccc(OC)c1.CC.CC.CC.CC.COc1cccc(O)c1.Cc1ccccc1. The Morgan fingerprint density at radius 1 is 0.362 bits per heavy atom. The van der Waals surface area contributed by atoms with Crippen LogP contribution in [0.1, 0.15) is 110 Å². The fourth-order valence-electron chi connectivity index (χ4n) is 7.58. The number of aliphatic hydroxyl groups is 1. The van der Waals surface area contributed by atoms with Crippen molar-refractivity contribution in [1.82, 2.24) is 0 Å². The average Bonchev–Trinajstić information content (AvgIpc) is 0.840. The molecule has 21 nitrogen and oxygen atoms in total. The van der Waals surface area contributed by atoms with Crippen molar-refractivity contribution in [2.24, 2.45) is 0 Å². The highest BCUT2D eigenvalue weighted by molar-refractivity contribution is 7.88. The van der Waals surface area contributed by atoms with Crippen molar-refractivity contribution >= 4 is 64.2 Å². The van der Waals surface area contributed by atoms with Crippen LogP contribution in [0.25, 0.3) is 0 Å². The van der Waals surface area contributed by atoms with E-state index >= 15 is 0 Å². The van der Waals surface area contributed by atoms with Crippen LogP contribution in [0.3, 0.4) is 0 Å². The number of benzene rings is 8. The minimum absolute atomic E-state index is 0.0122. The minimum atomic E-state index is -4.30. The van der Waals surface area contributed by atoms with E-state index in [4.69, 9.17) is 76.2 Å². The molecule has 4 N–H and O–H groups in total. The van der Waals surface area contributed by atoms with E-state index in [0.717, 1.165) is 30.8 Å². The molecule has 0 heterocycles. The normalized spacial score (nSPS) is 9.51. The molecular weight excluding hydrogens is 1600 g/mol. The molecule has 0 saturated carbocycles. The van der Waals surface area contributed by atoms with Crippen LogP contribution in [0.2, 0.25) is 0 Å². The highest BCUT2D eigenvalue weighted by Crippen LogP contribution is 2.31. The van der Waals surface area contributed by atoms with Crippen molar-refractivity contribution < 1.29 is 93.6 Å². The number of aliphatic hydroxyl groups excluding tert-OH is 1. The molecule has 0 bridgehead atoms. The van der Waals surface area contributed by atoms with Gasteiger partial charge in [-0.2, -0.15) is 41.1 Å². The summed E-state index contributed by atoms with van der Waals surface area (Å²) in [7, 11) is -10.2. The molecule has 27 heteroatoms. The highest BCUT2D eigenvalue weighted by atomic mass is 35.5. The number of methoxy groups -OCH3 is 4. The molecule has 0 spiro atoms. The second kappa shape index (κ2) is 76.5. The van der Waals surface area contributed by atoms with Gasteiger partial charge in [0.1, 0.15) is 75.6 Å². The molecule has 8 aromatic rings. The summed E-state index contributed by atoms with van der Waals surface area (Å²) in [6.07, 6.45) is 19.2. The Morgan fingerprint density at radius 2 is 0.698 bits per heavy atom. The number of hydrogen-bond acceptors (Lipinski definition) is 19. The molecule has 8 aromatic carbocycles. The van der Waals surface area contributed by atoms with Gasteiger partial charge in [-0.25, -0.2) is 0 Å². The molecule has 0 radical (unpaired) electrons. The number of phenolic OH excluding ortho intramolecular Hbond substituents is 1. The average molecular weight is 1730 g/mol. The zero-order chi connectivity index (χ0) is 89.7. The predicted octanol–water partition coefficient (Wildman–Crippen LogP) is 22.7. The van der Waals surface area contributed by atoms with Crippen LogP contribution in [-0.2, 0) is 67.2 Å². The molecule has 8 rings (SSSR count). The van der Waals surface area contributed by atoms with Gasteiger partial charge in [0, 0.05) is 24.3 Å². The van der Waals surface area contributed by atoms with E-state index in [2.05, 4.69) is 110 Å². The van der Waals surface area contributed by atoms with Crippen LogP contribution in [0.4, 0.5) is 0 Å². The fourth-order valence-corrected chi connectivity index (χ4v) is 10.8. The summed E-state index contributed by atoms with van der Waals surface area (Å²) in [5, 5.41) is 16.6. The molecule has 0 amide bonds. The van der Waals surface area contributed by atoms with Gasteiger partial charge in [0.15, 0.2) is 0 Å². The van der Waals surface area contributed by atoms with Crippen LogP contribution in [0.15, 0.2) is 315 Å². The summed E-state index contributed by atoms with van der Waals surface area (Å²) in [5.41, 5.74) is 4.01. The zero-order valence-electron chi connectivity index (χ0n) is 69.6. The summed E-state index contributed by atoms with van der Waals surface area (Å²) in [4.78, 5) is -0.367. The first-order valence-corrected chi connectivity index (χ1v) is 42.8. The molecule has 116 heavy (non-hydrogen) atoms. The maximum absolute atomic E-state index is 11.5. The Hall–Kier alpha value is -9.74. The van der Waals surface area contributed by atoms with Crippen LogP contribution in [0, 0.1) is 6.92 Å². The Bertz CT molecular complexity index is 4350. The fraction of sp³-hybridized carbons (Fsp3) is 0.281. The Labute approximate surface area is 705 Å². The van der Waals surface area contributed by atoms with Gasteiger partial charge in [-0.3, -0.25) is 9.11 Å². The Kier molecular flexibility index (Phi) is 77.3. The summed E-state index contributed by atoms with van der Waals surface area (Å²) in [6, 6.07) is 56.1. The Morgan fingerprint density at radius 3 is 1.06 bits per heavy atom. The third kappa shape index (κ3) is 58.2. The van der Waals surface area contributed by atoms with Crippen LogP contribution >= 0.6 is 23.7 Å². The van der Waals surface area contributed by atoms with Crippen LogP contribution in [0.5, 0.6) is 46.0 Å². The Balaban J connectivity index is -0.000000293. The lowest BCUT2D eigenvalue weighted by atomic mass is 10.1. The van der Waals surface area contributed by atoms with Gasteiger partial charge < -0.3 is 43.4 Å². The lowest BCUT2D eigenvalue weighted by Gasteiger charge is -2.10. The molecule has 644 valence electrons. The van der Waals surface area contributed by atoms with Gasteiger partial charge in [0.2, 0.25) is 0 Å². The van der Waals surface area contributed by atoms with Crippen molar-refractivity contribution in [3.8, 4) is 46.0 Å². The van der Waals surface area contributed by atoms with Crippen molar-refractivity contribution in [2.45, 2.75) is 134 Å². The largest absolute Gasteiger partial charge is 0.508 e. The number of aromatic hydroxyl groups is 1. The van der Waals surface area contributed by atoms with E-state index in [1.54, 1.807) is 93.1 Å². The highest BCUT2D eigenvalue weighted by Gasteiger charge is 2.22. The van der Waals surface area contributed by atoms with Gasteiger partial charge in [0.05, 0.1) is 68.6 Å². The van der Waals surface area contributed by atoms with Crippen LogP contribution < -0.4 is 33.2 Å². The molecule has 0 aliphatic rings. The van der Waals surface area contributed by atoms with E-state index in [9.17, 15) is 33.7 Å². The van der Waals surface area contributed by atoms with Crippen molar-refractivity contribution in [3.05, 3.63) is 318 Å². The lowest BCUT2D eigenvalue weighted by Crippen LogP contribution is -2.05. The molecule has 0 unspecified atom stereocenters.